The average Bonchev–Trinajstić information content (AvgIpc) is 2.54. The molecule has 0 aliphatic rings. The van der Waals surface area contributed by atoms with Gasteiger partial charge in [0.15, 0.2) is 0 Å². The van der Waals surface area contributed by atoms with Gasteiger partial charge in [0.1, 0.15) is 11.5 Å². The zero-order valence-corrected chi connectivity index (χ0v) is 14.7. The van der Waals surface area contributed by atoms with Crippen molar-refractivity contribution in [3.8, 4) is 11.5 Å². The molecule has 0 saturated carbocycles. The Kier molecular flexibility index (Phi) is 6.15. The van der Waals surface area contributed by atoms with E-state index in [1.54, 1.807) is 32.4 Å². The largest absolute Gasteiger partial charge is 0.497 e. The second-order valence-corrected chi connectivity index (χ2v) is 6.32. The van der Waals surface area contributed by atoms with Crippen LogP contribution in [0.1, 0.15) is 0 Å². The molecule has 0 radical (unpaired) electrons. The Bertz CT molecular complexity index is 646. The van der Waals surface area contributed by atoms with Gasteiger partial charge in [0.2, 0.25) is 5.91 Å². The number of halogens is 1. The van der Waals surface area contributed by atoms with Gasteiger partial charge in [0, 0.05) is 15.4 Å². The van der Waals surface area contributed by atoms with Crippen LogP contribution in [-0.2, 0) is 4.79 Å². The molecule has 0 aliphatic carbocycles. The fourth-order valence-corrected chi connectivity index (χ4v) is 2.73. The summed E-state index contributed by atoms with van der Waals surface area (Å²) in [6.45, 7) is 0. The van der Waals surface area contributed by atoms with Gasteiger partial charge in [-0.2, -0.15) is 0 Å². The predicted molar refractivity (Wildman–Crippen MR) is 93.0 cm³/mol. The Morgan fingerprint density at radius 3 is 2.50 bits per heavy atom. The van der Waals surface area contributed by atoms with E-state index in [1.165, 1.54) is 11.8 Å². The fourth-order valence-electron chi connectivity index (χ4n) is 1.77. The van der Waals surface area contributed by atoms with E-state index < -0.39 is 0 Å². The maximum absolute atomic E-state index is 12.0. The summed E-state index contributed by atoms with van der Waals surface area (Å²) in [6.07, 6.45) is 0. The molecular weight excluding hydrogens is 366 g/mol. The molecule has 116 valence electrons. The van der Waals surface area contributed by atoms with E-state index >= 15 is 0 Å². The lowest BCUT2D eigenvalue weighted by molar-refractivity contribution is -0.113. The number of amides is 1. The van der Waals surface area contributed by atoms with E-state index in [1.807, 2.05) is 24.3 Å². The van der Waals surface area contributed by atoms with Crippen LogP contribution in [0.2, 0.25) is 0 Å². The molecule has 0 aromatic heterocycles. The highest BCUT2D eigenvalue weighted by atomic mass is 79.9. The van der Waals surface area contributed by atoms with E-state index in [0.717, 1.165) is 9.37 Å². The molecule has 0 bridgehead atoms. The number of methoxy groups -OCH3 is 2. The SMILES string of the molecule is COc1ccc(NC(=O)CSc2ccc(Br)cc2)c(OC)c1. The van der Waals surface area contributed by atoms with Crippen LogP contribution in [0.4, 0.5) is 5.69 Å². The summed E-state index contributed by atoms with van der Waals surface area (Å²) >= 11 is 4.86. The average molecular weight is 382 g/mol. The minimum Gasteiger partial charge on any atom is -0.497 e. The van der Waals surface area contributed by atoms with Crippen molar-refractivity contribution in [3.63, 3.8) is 0 Å². The highest BCUT2D eigenvalue weighted by Gasteiger charge is 2.09. The third-order valence-electron chi connectivity index (χ3n) is 2.87. The van der Waals surface area contributed by atoms with Crippen LogP contribution in [0.25, 0.3) is 0 Å². The quantitative estimate of drug-likeness (QED) is 0.761. The molecule has 22 heavy (non-hydrogen) atoms. The summed E-state index contributed by atoms with van der Waals surface area (Å²) in [7, 11) is 3.14. The highest BCUT2D eigenvalue weighted by Crippen LogP contribution is 2.29. The van der Waals surface area contributed by atoms with Crippen molar-refractivity contribution in [3.05, 3.63) is 46.9 Å². The van der Waals surface area contributed by atoms with Gasteiger partial charge in [-0.05, 0) is 36.4 Å². The Morgan fingerprint density at radius 1 is 1.14 bits per heavy atom. The van der Waals surface area contributed by atoms with Crippen molar-refractivity contribution >= 4 is 39.3 Å². The normalized spacial score (nSPS) is 10.1. The number of thioether (sulfide) groups is 1. The molecule has 0 fully saturated rings. The van der Waals surface area contributed by atoms with Crippen molar-refractivity contribution < 1.29 is 14.3 Å². The topological polar surface area (TPSA) is 47.6 Å². The third kappa shape index (κ3) is 4.68. The molecule has 0 unspecified atom stereocenters. The van der Waals surface area contributed by atoms with Gasteiger partial charge in [-0.15, -0.1) is 11.8 Å². The monoisotopic (exact) mass is 381 g/mol. The summed E-state index contributed by atoms with van der Waals surface area (Å²) in [6, 6.07) is 13.1. The first-order chi connectivity index (χ1) is 10.6. The van der Waals surface area contributed by atoms with Crippen LogP contribution in [0.3, 0.4) is 0 Å². The van der Waals surface area contributed by atoms with Gasteiger partial charge < -0.3 is 14.8 Å². The second kappa shape index (κ2) is 8.10. The molecule has 0 saturated heterocycles. The van der Waals surface area contributed by atoms with Gasteiger partial charge in [0.25, 0.3) is 0 Å². The molecule has 2 rings (SSSR count). The maximum Gasteiger partial charge on any atom is 0.234 e. The number of hydrogen-bond acceptors (Lipinski definition) is 4. The molecule has 2 aromatic carbocycles. The van der Waals surface area contributed by atoms with E-state index in [-0.39, 0.29) is 5.91 Å². The lowest BCUT2D eigenvalue weighted by Gasteiger charge is -2.11. The number of rotatable bonds is 6. The fraction of sp³-hybridized carbons (Fsp3) is 0.188. The highest BCUT2D eigenvalue weighted by molar-refractivity contribution is 9.10. The Hall–Kier alpha value is -1.66. The summed E-state index contributed by atoms with van der Waals surface area (Å²) in [5.41, 5.74) is 0.629. The van der Waals surface area contributed by atoms with Gasteiger partial charge in [-0.1, -0.05) is 15.9 Å². The zero-order chi connectivity index (χ0) is 15.9. The van der Waals surface area contributed by atoms with Crippen LogP contribution in [0.15, 0.2) is 51.8 Å². The molecule has 4 nitrogen and oxygen atoms in total. The molecule has 2 aromatic rings. The standard InChI is InChI=1S/C16H16BrNO3S/c1-20-12-5-8-14(15(9-12)21-2)18-16(19)10-22-13-6-3-11(17)4-7-13/h3-9H,10H2,1-2H3,(H,18,19). The molecule has 0 spiro atoms. The smallest absolute Gasteiger partial charge is 0.234 e. The zero-order valence-electron chi connectivity index (χ0n) is 12.3. The summed E-state index contributed by atoms with van der Waals surface area (Å²) in [4.78, 5) is 13.1. The first-order valence-corrected chi connectivity index (χ1v) is 8.30. The minimum atomic E-state index is -0.0867. The molecule has 0 atom stereocenters. The number of hydrogen-bond donors (Lipinski definition) is 1. The number of carbonyl (C=O) groups excluding carboxylic acids is 1. The number of carbonyl (C=O) groups is 1. The summed E-state index contributed by atoms with van der Waals surface area (Å²) < 4.78 is 11.4. The van der Waals surface area contributed by atoms with Crippen molar-refractivity contribution in [2.75, 3.05) is 25.3 Å². The van der Waals surface area contributed by atoms with E-state index in [9.17, 15) is 4.79 Å². The first kappa shape index (κ1) is 16.7. The van der Waals surface area contributed by atoms with Crippen molar-refractivity contribution in [2.24, 2.45) is 0 Å². The molecule has 0 aliphatic heterocycles. The maximum atomic E-state index is 12.0. The molecular formula is C16H16BrNO3S. The van der Waals surface area contributed by atoms with Gasteiger partial charge in [-0.3, -0.25) is 4.79 Å². The van der Waals surface area contributed by atoms with Crippen LogP contribution in [-0.4, -0.2) is 25.9 Å². The lowest BCUT2D eigenvalue weighted by Crippen LogP contribution is -2.14. The molecule has 1 N–H and O–H groups in total. The second-order valence-electron chi connectivity index (χ2n) is 4.36. The Labute approximate surface area is 142 Å². The predicted octanol–water partition coefficient (Wildman–Crippen LogP) is 4.20. The van der Waals surface area contributed by atoms with Gasteiger partial charge >= 0.3 is 0 Å². The van der Waals surface area contributed by atoms with E-state index in [0.29, 0.717) is 22.9 Å². The molecule has 0 heterocycles. The van der Waals surface area contributed by atoms with E-state index in [4.69, 9.17) is 9.47 Å². The summed E-state index contributed by atoms with van der Waals surface area (Å²) in [5.74, 6) is 1.49. The number of ether oxygens (including phenoxy) is 2. The van der Waals surface area contributed by atoms with Crippen molar-refractivity contribution in [1.29, 1.82) is 0 Å². The number of nitrogens with one attached hydrogen (secondary N) is 1. The Morgan fingerprint density at radius 2 is 1.86 bits per heavy atom. The van der Waals surface area contributed by atoms with Crippen LogP contribution in [0, 0.1) is 0 Å². The van der Waals surface area contributed by atoms with Crippen molar-refractivity contribution in [2.45, 2.75) is 4.90 Å². The van der Waals surface area contributed by atoms with Gasteiger partial charge in [-0.25, -0.2) is 0 Å². The number of benzene rings is 2. The van der Waals surface area contributed by atoms with Crippen LogP contribution < -0.4 is 14.8 Å². The Balaban J connectivity index is 1.95. The van der Waals surface area contributed by atoms with Crippen molar-refractivity contribution in [1.82, 2.24) is 0 Å². The molecule has 6 heteroatoms. The van der Waals surface area contributed by atoms with Crippen LogP contribution in [0.5, 0.6) is 11.5 Å². The van der Waals surface area contributed by atoms with Gasteiger partial charge in [0.05, 0.1) is 25.7 Å². The first-order valence-electron chi connectivity index (χ1n) is 6.52. The molecule has 1 amide bonds. The minimum absolute atomic E-state index is 0.0867. The lowest BCUT2D eigenvalue weighted by atomic mass is 10.2. The van der Waals surface area contributed by atoms with E-state index in [2.05, 4.69) is 21.2 Å². The number of anilines is 1. The van der Waals surface area contributed by atoms with Crippen LogP contribution >= 0.6 is 27.7 Å². The third-order valence-corrected chi connectivity index (χ3v) is 4.41. The summed E-state index contributed by atoms with van der Waals surface area (Å²) in [5, 5.41) is 2.84.